The Morgan fingerprint density at radius 1 is 0.920 bits per heavy atom. The van der Waals surface area contributed by atoms with E-state index in [0.29, 0.717) is 0 Å². The maximum Gasteiger partial charge on any atom is 0.339 e. The Balaban J connectivity index is 2.74. The van der Waals surface area contributed by atoms with Crippen LogP contribution >= 0.6 is 0 Å². The summed E-state index contributed by atoms with van der Waals surface area (Å²) in [6, 6.07) is 19.5. The van der Waals surface area contributed by atoms with Crippen molar-refractivity contribution in [2.24, 2.45) is 0 Å². The molecule has 0 fully saturated rings. The number of benzene rings is 2. The van der Waals surface area contributed by atoms with Crippen molar-refractivity contribution in [2.75, 3.05) is 13.1 Å². The maximum atomic E-state index is 6.95. The van der Waals surface area contributed by atoms with Crippen LogP contribution in [0.5, 0.6) is 0 Å². The highest BCUT2D eigenvalue weighted by molar-refractivity contribution is 6.95. The minimum absolute atomic E-state index is 0.234. The first kappa shape index (κ1) is 19.6. The standard InChI is InChI=1S/C22H31NOSi/c1-7-19-15-17-21(18-16-19)25(23(8-2)9-3,24-22(4,5)6)20-13-11-10-12-14-20/h7,10-18H,1,8-9H2,2-6H3. The highest BCUT2D eigenvalue weighted by Gasteiger charge is 2.47. The van der Waals surface area contributed by atoms with Gasteiger partial charge in [0.1, 0.15) is 0 Å². The van der Waals surface area contributed by atoms with Gasteiger partial charge in [-0.3, -0.25) is 4.57 Å². The van der Waals surface area contributed by atoms with E-state index in [1.54, 1.807) is 0 Å². The molecule has 0 aliphatic rings. The van der Waals surface area contributed by atoms with Crippen LogP contribution in [0.25, 0.3) is 6.08 Å². The molecule has 0 saturated carbocycles. The summed E-state index contributed by atoms with van der Waals surface area (Å²) in [4.78, 5) is 0. The van der Waals surface area contributed by atoms with E-state index >= 15 is 0 Å². The second-order valence-electron chi connectivity index (χ2n) is 7.22. The first-order valence-corrected chi connectivity index (χ1v) is 11.0. The third-order valence-corrected chi connectivity index (χ3v) is 9.03. The molecule has 0 aliphatic heterocycles. The lowest BCUT2D eigenvalue weighted by Crippen LogP contribution is -2.73. The van der Waals surface area contributed by atoms with Crippen molar-refractivity contribution in [1.82, 2.24) is 4.57 Å². The normalized spacial score (nSPS) is 14.3. The predicted molar refractivity (Wildman–Crippen MR) is 112 cm³/mol. The molecular formula is C22H31NOSi. The SMILES string of the molecule is C=Cc1ccc([Si](OC(C)(C)C)(c2ccccc2)N(CC)CC)cc1. The van der Waals surface area contributed by atoms with Gasteiger partial charge in [0.05, 0.1) is 0 Å². The van der Waals surface area contributed by atoms with Crippen molar-refractivity contribution in [3.63, 3.8) is 0 Å². The van der Waals surface area contributed by atoms with E-state index in [4.69, 9.17) is 4.43 Å². The van der Waals surface area contributed by atoms with Crippen molar-refractivity contribution in [1.29, 1.82) is 0 Å². The highest BCUT2D eigenvalue weighted by Crippen LogP contribution is 2.21. The molecule has 0 spiro atoms. The van der Waals surface area contributed by atoms with Crippen molar-refractivity contribution < 1.29 is 4.43 Å². The van der Waals surface area contributed by atoms with Gasteiger partial charge in [0, 0.05) is 5.60 Å². The minimum atomic E-state index is -2.55. The summed E-state index contributed by atoms with van der Waals surface area (Å²) in [5.74, 6) is 0. The van der Waals surface area contributed by atoms with Crippen LogP contribution in [-0.4, -0.2) is 31.7 Å². The van der Waals surface area contributed by atoms with Crippen LogP contribution < -0.4 is 10.4 Å². The second-order valence-corrected chi connectivity index (χ2v) is 10.5. The fourth-order valence-electron chi connectivity index (χ4n) is 3.34. The maximum absolute atomic E-state index is 6.95. The van der Waals surface area contributed by atoms with Gasteiger partial charge < -0.3 is 4.43 Å². The zero-order valence-corrected chi connectivity index (χ0v) is 17.3. The quantitative estimate of drug-likeness (QED) is 0.697. The lowest BCUT2D eigenvalue weighted by Gasteiger charge is -2.45. The molecular weight excluding hydrogens is 322 g/mol. The molecule has 0 heterocycles. The zero-order chi connectivity index (χ0) is 18.5. The lowest BCUT2D eigenvalue weighted by molar-refractivity contribution is 0.104. The van der Waals surface area contributed by atoms with Gasteiger partial charge in [-0.15, -0.1) is 0 Å². The predicted octanol–water partition coefficient (Wildman–Crippen LogP) is 4.04. The molecule has 1 unspecified atom stereocenters. The number of nitrogens with zero attached hydrogens (tertiary/aromatic N) is 1. The van der Waals surface area contributed by atoms with E-state index in [9.17, 15) is 0 Å². The van der Waals surface area contributed by atoms with E-state index in [1.165, 1.54) is 10.4 Å². The summed E-state index contributed by atoms with van der Waals surface area (Å²) in [6.45, 7) is 16.7. The van der Waals surface area contributed by atoms with Gasteiger partial charge in [0.2, 0.25) is 0 Å². The van der Waals surface area contributed by atoms with Crippen LogP contribution in [0.15, 0.2) is 61.2 Å². The fourth-order valence-corrected chi connectivity index (χ4v) is 7.80. The summed E-state index contributed by atoms with van der Waals surface area (Å²) in [5, 5.41) is 2.57. The molecule has 0 aromatic heterocycles. The Kier molecular flexibility index (Phi) is 6.39. The zero-order valence-electron chi connectivity index (χ0n) is 16.3. The molecule has 0 N–H and O–H groups in total. The minimum Gasteiger partial charge on any atom is -0.391 e. The van der Waals surface area contributed by atoms with E-state index < -0.39 is 8.48 Å². The molecule has 25 heavy (non-hydrogen) atoms. The molecule has 2 aromatic rings. The molecule has 2 aromatic carbocycles. The van der Waals surface area contributed by atoms with Gasteiger partial charge in [-0.1, -0.05) is 81.1 Å². The van der Waals surface area contributed by atoms with E-state index in [-0.39, 0.29) is 5.60 Å². The lowest BCUT2D eigenvalue weighted by atomic mass is 10.2. The summed E-state index contributed by atoms with van der Waals surface area (Å²) in [6.07, 6.45) is 1.89. The summed E-state index contributed by atoms with van der Waals surface area (Å²) < 4.78 is 9.48. The van der Waals surface area contributed by atoms with Crippen LogP contribution in [-0.2, 0) is 4.43 Å². The van der Waals surface area contributed by atoms with Crippen molar-refractivity contribution in [2.45, 2.75) is 40.2 Å². The third-order valence-electron chi connectivity index (χ3n) is 4.37. The van der Waals surface area contributed by atoms with E-state index in [0.717, 1.165) is 18.7 Å². The van der Waals surface area contributed by atoms with Gasteiger partial charge >= 0.3 is 8.48 Å². The van der Waals surface area contributed by atoms with Crippen LogP contribution in [0.2, 0.25) is 0 Å². The third kappa shape index (κ3) is 4.29. The van der Waals surface area contributed by atoms with Crippen LogP contribution in [0.1, 0.15) is 40.2 Å². The fraction of sp³-hybridized carbons (Fsp3) is 0.364. The van der Waals surface area contributed by atoms with E-state index in [2.05, 4.69) is 100 Å². The average molecular weight is 354 g/mol. The summed E-state index contributed by atoms with van der Waals surface area (Å²) in [5.41, 5.74) is 0.900. The first-order valence-electron chi connectivity index (χ1n) is 9.11. The van der Waals surface area contributed by atoms with E-state index in [1.807, 2.05) is 6.08 Å². The first-order chi connectivity index (χ1) is 11.9. The number of rotatable bonds is 7. The Hall–Kier alpha value is -1.68. The van der Waals surface area contributed by atoms with Crippen molar-refractivity contribution in [3.05, 3.63) is 66.7 Å². The Morgan fingerprint density at radius 2 is 1.44 bits per heavy atom. The van der Waals surface area contributed by atoms with Gasteiger partial charge in [-0.2, -0.15) is 0 Å². The molecule has 1 atom stereocenters. The van der Waals surface area contributed by atoms with Crippen molar-refractivity contribution >= 4 is 24.9 Å². The highest BCUT2D eigenvalue weighted by atomic mass is 28.4. The molecule has 0 amide bonds. The van der Waals surface area contributed by atoms with Crippen LogP contribution in [0.4, 0.5) is 0 Å². The van der Waals surface area contributed by atoms with Gasteiger partial charge in [-0.25, -0.2) is 0 Å². The second kappa shape index (κ2) is 8.13. The molecule has 0 saturated heterocycles. The van der Waals surface area contributed by atoms with Gasteiger partial charge in [-0.05, 0) is 49.8 Å². The van der Waals surface area contributed by atoms with Crippen LogP contribution in [0, 0.1) is 0 Å². The van der Waals surface area contributed by atoms with Gasteiger partial charge in [0.25, 0.3) is 0 Å². The van der Waals surface area contributed by atoms with Gasteiger partial charge in [0.15, 0.2) is 0 Å². The summed E-state index contributed by atoms with van der Waals surface area (Å²) >= 11 is 0. The number of hydrogen-bond donors (Lipinski definition) is 0. The Labute approximate surface area is 154 Å². The number of hydrogen-bond acceptors (Lipinski definition) is 2. The van der Waals surface area contributed by atoms with Crippen molar-refractivity contribution in [3.8, 4) is 0 Å². The molecule has 0 bridgehead atoms. The molecule has 0 radical (unpaired) electrons. The molecule has 2 nitrogen and oxygen atoms in total. The smallest absolute Gasteiger partial charge is 0.339 e. The molecule has 2 rings (SSSR count). The largest absolute Gasteiger partial charge is 0.391 e. The topological polar surface area (TPSA) is 12.5 Å². The van der Waals surface area contributed by atoms with Crippen LogP contribution in [0.3, 0.4) is 0 Å². The summed E-state index contributed by atoms with van der Waals surface area (Å²) in [7, 11) is -2.55. The molecule has 134 valence electrons. The molecule has 0 aliphatic carbocycles. The Bertz CT molecular complexity index is 671. The monoisotopic (exact) mass is 353 g/mol. The Morgan fingerprint density at radius 3 is 1.88 bits per heavy atom. The molecule has 3 heteroatoms. The average Bonchev–Trinajstić information content (AvgIpc) is 2.61.